The van der Waals surface area contributed by atoms with Gasteiger partial charge in [0, 0.05) is 20.3 Å². The quantitative estimate of drug-likeness (QED) is 0.385. The van der Waals surface area contributed by atoms with E-state index in [2.05, 4.69) is 0 Å². The molecule has 2 aromatic carbocycles. The number of allylic oxidation sites excluding steroid dienone is 1. The molecule has 0 aliphatic rings. The fourth-order valence-corrected chi connectivity index (χ4v) is 2.04. The molecule has 0 N–H and O–H groups in total. The lowest BCUT2D eigenvalue weighted by molar-refractivity contribution is 0.0456. The highest BCUT2D eigenvalue weighted by Gasteiger charge is 2.12. The molecule has 7 heteroatoms. The number of hydrogen-bond acceptors (Lipinski definition) is 5. The summed E-state index contributed by atoms with van der Waals surface area (Å²) >= 11 is 0. The fraction of sp³-hybridized carbons (Fsp3) is 0.211. The molecule has 26 heavy (non-hydrogen) atoms. The Balaban J connectivity index is 2.22. The molecule has 0 saturated heterocycles. The maximum Gasteiger partial charge on any atom is 0.189 e. The van der Waals surface area contributed by atoms with Crippen molar-refractivity contribution < 1.29 is 32.5 Å². The number of benzene rings is 2. The molecule has 0 saturated carbocycles. The first-order valence-electron chi connectivity index (χ1n) is 7.60. The van der Waals surface area contributed by atoms with Crippen LogP contribution in [0.4, 0.5) is 8.78 Å². The third kappa shape index (κ3) is 5.37. The van der Waals surface area contributed by atoms with Gasteiger partial charge in [-0.15, -0.1) is 0 Å². The monoisotopic (exact) mass is 364 g/mol. The van der Waals surface area contributed by atoms with Gasteiger partial charge in [-0.2, -0.15) is 0 Å². The standard InChI is InChI=1S/C19H18F2O5/c1-23-11-25-14-5-6-15(19(10-14)26-12-24-2)18(22)8-4-13-3-7-16(20)17(21)9-13/h3-10H,11-12H2,1-2H3/b8-4+. The Morgan fingerprint density at radius 3 is 2.38 bits per heavy atom. The summed E-state index contributed by atoms with van der Waals surface area (Å²) in [5, 5.41) is 0. The van der Waals surface area contributed by atoms with Gasteiger partial charge in [0.05, 0.1) is 5.56 Å². The van der Waals surface area contributed by atoms with E-state index in [0.29, 0.717) is 11.3 Å². The van der Waals surface area contributed by atoms with Crippen LogP contribution in [-0.4, -0.2) is 33.6 Å². The summed E-state index contributed by atoms with van der Waals surface area (Å²) in [6.07, 6.45) is 2.64. The van der Waals surface area contributed by atoms with Gasteiger partial charge in [-0.05, 0) is 35.9 Å². The van der Waals surface area contributed by atoms with Gasteiger partial charge in [0.25, 0.3) is 0 Å². The van der Waals surface area contributed by atoms with Crippen LogP contribution >= 0.6 is 0 Å². The van der Waals surface area contributed by atoms with E-state index in [1.807, 2.05) is 0 Å². The minimum atomic E-state index is -0.983. The molecule has 0 aliphatic carbocycles. The molecule has 2 aromatic rings. The van der Waals surface area contributed by atoms with E-state index in [9.17, 15) is 13.6 Å². The van der Waals surface area contributed by atoms with Gasteiger partial charge >= 0.3 is 0 Å². The lowest BCUT2D eigenvalue weighted by atomic mass is 10.1. The summed E-state index contributed by atoms with van der Waals surface area (Å²) in [6, 6.07) is 8.03. The van der Waals surface area contributed by atoms with Crippen LogP contribution < -0.4 is 9.47 Å². The third-order valence-corrected chi connectivity index (χ3v) is 3.27. The summed E-state index contributed by atoms with van der Waals surface area (Å²) in [5.74, 6) is -1.59. The van der Waals surface area contributed by atoms with Gasteiger partial charge in [-0.3, -0.25) is 4.79 Å². The maximum atomic E-state index is 13.2. The third-order valence-electron chi connectivity index (χ3n) is 3.27. The van der Waals surface area contributed by atoms with Crippen molar-refractivity contribution in [3.63, 3.8) is 0 Å². The van der Waals surface area contributed by atoms with E-state index in [1.54, 1.807) is 6.07 Å². The Hall–Kier alpha value is -2.77. The number of carbonyl (C=O) groups is 1. The molecule has 0 amide bonds. The zero-order valence-corrected chi connectivity index (χ0v) is 14.3. The molecule has 0 aliphatic heterocycles. The predicted octanol–water partition coefficient (Wildman–Crippen LogP) is 3.83. The minimum Gasteiger partial charge on any atom is -0.467 e. The number of methoxy groups -OCH3 is 2. The van der Waals surface area contributed by atoms with E-state index in [4.69, 9.17) is 18.9 Å². The number of rotatable bonds is 9. The van der Waals surface area contributed by atoms with Gasteiger partial charge in [-0.25, -0.2) is 8.78 Å². The van der Waals surface area contributed by atoms with E-state index in [1.165, 1.54) is 44.6 Å². The number of carbonyl (C=O) groups excluding carboxylic acids is 1. The Morgan fingerprint density at radius 1 is 0.962 bits per heavy atom. The average Bonchev–Trinajstić information content (AvgIpc) is 2.65. The lowest BCUT2D eigenvalue weighted by Crippen LogP contribution is -2.06. The van der Waals surface area contributed by atoms with Gasteiger partial charge in [-0.1, -0.05) is 12.1 Å². The van der Waals surface area contributed by atoms with Crippen molar-refractivity contribution in [1.29, 1.82) is 0 Å². The van der Waals surface area contributed by atoms with Gasteiger partial charge in [0.15, 0.2) is 31.0 Å². The van der Waals surface area contributed by atoms with Crippen molar-refractivity contribution in [2.45, 2.75) is 0 Å². The molecule has 5 nitrogen and oxygen atoms in total. The van der Waals surface area contributed by atoms with Crippen LogP contribution in [0.1, 0.15) is 15.9 Å². The summed E-state index contributed by atoms with van der Waals surface area (Å²) in [7, 11) is 2.94. The second kappa shape index (κ2) is 9.65. The van der Waals surface area contributed by atoms with Crippen molar-refractivity contribution >= 4 is 11.9 Å². The van der Waals surface area contributed by atoms with Crippen LogP contribution in [0.15, 0.2) is 42.5 Å². The smallest absolute Gasteiger partial charge is 0.189 e. The van der Waals surface area contributed by atoms with Crippen molar-refractivity contribution in [3.05, 3.63) is 65.2 Å². The van der Waals surface area contributed by atoms with Crippen molar-refractivity contribution in [2.75, 3.05) is 27.8 Å². The molecular formula is C19H18F2O5. The first kappa shape index (κ1) is 19.6. The average molecular weight is 364 g/mol. The van der Waals surface area contributed by atoms with E-state index >= 15 is 0 Å². The van der Waals surface area contributed by atoms with Crippen LogP contribution in [0, 0.1) is 11.6 Å². The van der Waals surface area contributed by atoms with Crippen LogP contribution in [0.2, 0.25) is 0 Å². The second-order valence-electron chi connectivity index (χ2n) is 5.13. The summed E-state index contributed by atoms with van der Waals surface area (Å²) < 4.78 is 46.6. The molecule has 0 atom stereocenters. The Kier molecular flexibility index (Phi) is 7.25. The minimum absolute atomic E-state index is 0.0487. The van der Waals surface area contributed by atoms with E-state index in [-0.39, 0.29) is 30.7 Å². The Bertz CT molecular complexity index is 789. The molecule has 2 rings (SSSR count). The molecule has 0 heterocycles. The largest absolute Gasteiger partial charge is 0.467 e. The van der Waals surface area contributed by atoms with Gasteiger partial charge in [0.2, 0.25) is 0 Å². The highest BCUT2D eigenvalue weighted by molar-refractivity contribution is 6.08. The number of ether oxygens (including phenoxy) is 4. The van der Waals surface area contributed by atoms with Crippen LogP contribution in [0.25, 0.3) is 6.08 Å². The molecule has 138 valence electrons. The van der Waals surface area contributed by atoms with Crippen LogP contribution in [0.5, 0.6) is 11.5 Å². The molecule has 0 spiro atoms. The second-order valence-corrected chi connectivity index (χ2v) is 5.13. The molecule has 0 fully saturated rings. The zero-order chi connectivity index (χ0) is 18.9. The summed E-state index contributed by atoms with van der Waals surface area (Å²) in [6.45, 7) is -0.00601. The van der Waals surface area contributed by atoms with E-state index in [0.717, 1.165) is 12.1 Å². The van der Waals surface area contributed by atoms with Gasteiger partial charge < -0.3 is 18.9 Å². The summed E-state index contributed by atoms with van der Waals surface area (Å²) in [5.41, 5.74) is 0.627. The van der Waals surface area contributed by atoms with Crippen molar-refractivity contribution in [2.24, 2.45) is 0 Å². The zero-order valence-electron chi connectivity index (χ0n) is 14.3. The lowest BCUT2D eigenvalue weighted by Gasteiger charge is -2.11. The highest BCUT2D eigenvalue weighted by Crippen LogP contribution is 2.26. The molecule has 0 bridgehead atoms. The molecule has 0 unspecified atom stereocenters. The first-order chi connectivity index (χ1) is 12.5. The predicted molar refractivity (Wildman–Crippen MR) is 91.2 cm³/mol. The molecule has 0 aromatic heterocycles. The molecule has 0 radical (unpaired) electrons. The number of ketones is 1. The Morgan fingerprint density at radius 2 is 1.69 bits per heavy atom. The highest BCUT2D eigenvalue weighted by atomic mass is 19.2. The van der Waals surface area contributed by atoms with E-state index < -0.39 is 11.6 Å². The van der Waals surface area contributed by atoms with Gasteiger partial charge in [0.1, 0.15) is 11.5 Å². The van der Waals surface area contributed by atoms with Crippen molar-refractivity contribution in [3.8, 4) is 11.5 Å². The SMILES string of the molecule is COCOc1ccc(C(=O)/C=C/c2ccc(F)c(F)c2)c(OCOC)c1. The number of hydrogen-bond donors (Lipinski definition) is 0. The first-order valence-corrected chi connectivity index (χ1v) is 7.60. The summed E-state index contributed by atoms with van der Waals surface area (Å²) in [4.78, 5) is 12.4. The Labute approximate surface area is 149 Å². The maximum absolute atomic E-state index is 13.2. The van der Waals surface area contributed by atoms with Crippen LogP contribution in [-0.2, 0) is 9.47 Å². The van der Waals surface area contributed by atoms with Crippen molar-refractivity contribution in [1.82, 2.24) is 0 Å². The molecular weight excluding hydrogens is 346 g/mol. The normalized spacial score (nSPS) is 10.9. The van der Waals surface area contributed by atoms with Crippen LogP contribution in [0.3, 0.4) is 0 Å². The fourth-order valence-electron chi connectivity index (χ4n) is 2.04. The number of halogens is 2. The topological polar surface area (TPSA) is 54.0 Å².